The van der Waals surface area contributed by atoms with Crippen LogP contribution in [0.4, 0.5) is 5.69 Å². The lowest BCUT2D eigenvalue weighted by atomic mass is 9.71. The molecule has 3 aliphatic rings. The molecular weight excluding hydrogens is 288 g/mol. The molecule has 3 atom stereocenters. The minimum absolute atomic E-state index is 0.715. The molecule has 1 unspecified atom stereocenters. The van der Waals surface area contributed by atoms with Gasteiger partial charge in [-0.15, -0.1) is 0 Å². The fourth-order valence-corrected chi connectivity index (χ4v) is 3.93. The summed E-state index contributed by atoms with van der Waals surface area (Å²) in [6, 6.07) is 7.57. The number of anilines is 1. The summed E-state index contributed by atoms with van der Waals surface area (Å²) in [6.07, 6.45) is 4.76. The highest BCUT2D eigenvalue weighted by molar-refractivity contribution is 7.85. The zero-order valence-corrected chi connectivity index (χ0v) is 13.0. The Morgan fingerprint density at radius 1 is 1.33 bits per heavy atom. The van der Waals surface area contributed by atoms with E-state index in [1.54, 1.807) is 11.1 Å². The van der Waals surface area contributed by atoms with Crippen molar-refractivity contribution in [2.75, 3.05) is 24.7 Å². The molecule has 116 valence electrons. The number of fused-ring (bicyclic) bond motifs is 2. The van der Waals surface area contributed by atoms with Crippen molar-refractivity contribution >= 4 is 15.8 Å². The largest absolute Gasteiger partial charge is 0.384 e. The van der Waals surface area contributed by atoms with Crippen LogP contribution < -0.4 is 10.6 Å². The molecule has 0 amide bonds. The molecule has 21 heavy (non-hydrogen) atoms. The Balaban J connectivity index is 0.000000233. The van der Waals surface area contributed by atoms with Gasteiger partial charge in [-0.25, -0.2) is 0 Å². The van der Waals surface area contributed by atoms with Gasteiger partial charge in [0, 0.05) is 24.2 Å². The molecule has 2 aliphatic heterocycles. The highest BCUT2D eigenvalue weighted by Gasteiger charge is 2.39. The minimum atomic E-state index is -3.67. The van der Waals surface area contributed by atoms with Crippen LogP contribution in [0.5, 0.6) is 0 Å². The first kappa shape index (κ1) is 14.8. The number of hydrogen-bond acceptors (Lipinski definition) is 4. The summed E-state index contributed by atoms with van der Waals surface area (Å²) in [6.45, 7) is 2.37. The van der Waals surface area contributed by atoms with E-state index in [0.29, 0.717) is 6.26 Å². The Kier molecular flexibility index (Phi) is 3.94. The molecule has 0 radical (unpaired) electrons. The quantitative estimate of drug-likeness (QED) is 0.638. The molecule has 0 bridgehead atoms. The first-order valence-electron chi connectivity index (χ1n) is 7.46. The van der Waals surface area contributed by atoms with Crippen molar-refractivity contribution in [2.45, 2.75) is 37.1 Å². The Morgan fingerprint density at radius 3 is 2.86 bits per heavy atom. The molecule has 1 aliphatic carbocycles. The minimum Gasteiger partial charge on any atom is -0.384 e. The van der Waals surface area contributed by atoms with Gasteiger partial charge in [0.25, 0.3) is 10.1 Å². The van der Waals surface area contributed by atoms with Crippen LogP contribution in [0.25, 0.3) is 0 Å². The molecule has 0 spiro atoms. The lowest BCUT2D eigenvalue weighted by Gasteiger charge is -2.40. The monoisotopic (exact) mass is 310 g/mol. The SMILES string of the molecule is CS(=O)(=O)O.c1cc2c3c(c1)[C@H]1CCCN[C@@H]1CC3CN2. The number of nitrogens with one attached hydrogen (secondary N) is 2. The van der Waals surface area contributed by atoms with Crippen LogP contribution in [-0.4, -0.2) is 38.4 Å². The second kappa shape index (κ2) is 5.59. The van der Waals surface area contributed by atoms with E-state index in [9.17, 15) is 8.42 Å². The Morgan fingerprint density at radius 2 is 2.10 bits per heavy atom. The van der Waals surface area contributed by atoms with Crippen LogP contribution in [0.3, 0.4) is 0 Å². The van der Waals surface area contributed by atoms with Gasteiger partial charge in [0.2, 0.25) is 0 Å². The average molecular weight is 310 g/mol. The van der Waals surface area contributed by atoms with E-state index in [1.807, 2.05) is 0 Å². The Labute approximate surface area is 125 Å². The van der Waals surface area contributed by atoms with Crippen molar-refractivity contribution in [2.24, 2.45) is 0 Å². The van der Waals surface area contributed by atoms with Crippen molar-refractivity contribution in [3.8, 4) is 0 Å². The number of benzene rings is 1. The number of hydrogen-bond donors (Lipinski definition) is 3. The third-order valence-corrected chi connectivity index (χ3v) is 4.61. The predicted molar refractivity (Wildman–Crippen MR) is 83.5 cm³/mol. The summed E-state index contributed by atoms with van der Waals surface area (Å²) in [5, 5.41) is 7.29. The topological polar surface area (TPSA) is 78.4 Å². The van der Waals surface area contributed by atoms with Gasteiger partial charge >= 0.3 is 0 Å². The molecule has 5 nitrogen and oxygen atoms in total. The van der Waals surface area contributed by atoms with E-state index in [2.05, 4.69) is 28.8 Å². The van der Waals surface area contributed by atoms with Gasteiger partial charge in [-0.1, -0.05) is 12.1 Å². The lowest BCUT2D eigenvalue weighted by Crippen LogP contribution is -2.43. The van der Waals surface area contributed by atoms with Crippen molar-refractivity contribution < 1.29 is 13.0 Å². The molecular formula is C15H22N2O3S. The number of rotatable bonds is 0. The third-order valence-electron chi connectivity index (χ3n) is 4.61. The Bertz CT molecular complexity index is 622. The maximum Gasteiger partial charge on any atom is 0.261 e. The molecule has 1 aromatic rings. The van der Waals surface area contributed by atoms with Crippen LogP contribution in [0.2, 0.25) is 0 Å². The highest BCUT2D eigenvalue weighted by Crippen LogP contribution is 2.48. The maximum atomic E-state index is 9.19. The second-order valence-electron chi connectivity index (χ2n) is 6.16. The smallest absolute Gasteiger partial charge is 0.261 e. The van der Waals surface area contributed by atoms with Gasteiger partial charge in [-0.3, -0.25) is 4.55 Å². The van der Waals surface area contributed by atoms with Gasteiger partial charge in [-0.05, 0) is 48.9 Å². The van der Waals surface area contributed by atoms with E-state index in [4.69, 9.17) is 4.55 Å². The zero-order valence-electron chi connectivity index (χ0n) is 12.2. The van der Waals surface area contributed by atoms with E-state index >= 15 is 0 Å². The van der Waals surface area contributed by atoms with Crippen molar-refractivity contribution in [1.29, 1.82) is 0 Å². The van der Waals surface area contributed by atoms with E-state index in [0.717, 1.165) is 24.4 Å². The molecule has 0 saturated carbocycles. The molecule has 1 fully saturated rings. The van der Waals surface area contributed by atoms with Gasteiger partial charge in [0.1, 0.15) is 0 Å². The van der Waals surface area contributed by atoms with Gasteiger partial charge in [0.15, 0.2) is 0 Å². The standard InChI is InChI=1S/C14H18N2.CH4O3S/c1-3-11-10-4-2-6-15-13(10)7-9-8-16-12(5-1)14(9)11;1-5(2,3)4/h1,3,5,9-10,13,15-16H,2,4,6-8H2;1H3,(H,2,3,4)/t9?,10-,13-;/m1./s1. The molecule has 4 rings (SSSR count). The summed E-state index contributed by atoms with van der Waals surface area (Å²) >= 11 is 0. The first-order valence-corrected chi connectivity index (χ1v) is 9.31. The summed E-state index contributed by atoms with van der Waals surface area (Å²) in [5.41, 5.74) is 4.69. The van der Waals surface area contributed by atoms with E-state index < -0.39 is 10.1 Å². The van der Waals surface area contributed by atoms with E-state index in [1.165, 1.54) is 31.5 Å². The zero-order chi connectivity index (χ0) is 15.0. The fraction of sp³-hybridized carbons (Fsp3) is 0.600. The van der Waals surface area contributed by atoms with Crippen molar-refractivity contribution in [3.63, 3.8) is 0 Å². The highest BCUT2D eigenvalue weighted by atomic mass is 32.2. The average Bonchev–Trinajstić information content (AvgIpc) is 2.82. The lowest BCUT2D eigenvalue weighted by molar-refractivity contribution is 0.303. The summed E-state index contributed by atoms with van der Waals surface area (Å²) in [4.78, 5) is 0. The second-order valence-corrected chi connectivity index (χ2v) is 7.63. The van der Waals surface area contributed by atoms with Crippen molar-refractivity contribution in [1.82, 2.24) is 5.32 Å². The maximum absolute atomic E-state index is 9.19. The van der Waals surface area contributed by atoms with Gasteiger partial charge < -0.3 is 10.6 Å². The van der Waals surface area contributed by atoms with Crippen LogP contribution in [0, 0.1) is 0 Å². The van der Waals surface area contributed by atoms with Gasteiger partial charge in [-0.2, -0.15) is 8.42 Å². The fourth-order valence-electron chi connectivity index (χ4n) is 3.93. The van der Waals surface area contributed by atoms with Crippen molar-refractivity contribution in [3.05, 3.63) is 29.3 Å². The molecule has 1 saturated heterocycles. The third kappa shape index (κ3) is 3.22. The summed E-state index contributed by atoms with van der Waals surface area (Å²) in [7, 11) is -3.67. The number of piperidine rings is 1. The Hall–Kier alpha value is -1.11. The predicted octanol–water partition coefficient (Wildman–Crippen LogP) is 1.94. The summed E-state index contributed by atoms with van der Waals surface area (Å²) in [5.74, 6) is 1.54. The molecule has 2 heterocycles. The molecule has 6 heteroatoms. The first-order chi connectivity index (χ1) is 9.93. The normalized spacial score (nSPS) is 29.5. The molecule has 1 aromatic carbocycles. The van der Waals surface area contributed by atoms with E-state index in [-0.39, 0.29) is 0 Å². The van der Waals surface area contributed by atoms with Crippen LogP contribution in [-0.2, 0) is 10.1 Å². The van der Waals surface area contributed by atoms with Crippen LogP contribution in [0.1, 0.15) is 42.2 Å². The summed E-state index contributed by atoms with van der Waals surface area (Å²) < 4.78 is 25.9. The van der Waals surface area contributed by atoms with Crippen LogP contribution in [0.15, 0.2) is 18.2 Å². The molecule has 3 N–H and O–H groups in total. The van der Waals surface area contributed by atoms with Gasteiger partial charge in [0.05, 0.1) is 6.26 Å². The molecule has 0 aromatic heterocycles. The van der Waals surface area contributed by atoms with Crippen LogP contribution >= 0.6 is 0 Å².